The molecule has 32 heavy (non-hydrogen) atoms. The average Bonchev–Trinajstić information content (AvgIpc) is 3.08. The molecule has 1 aliphatic heterocycles. The van der Waals surface area contributed by atoms with E-state index in [2.05, 4.69) is 11.9 Å². The summed E-state index contributed by atoms with van der Waals surface area (Å²) in [6.45, 7) is 4.88. The molecule has 0 spiro atoms. The fourth-order valence-electron chi connectivity index (χ4n) is 2.89. The first kappa shape index (κ1) is 24.2. The lowest BCUT2D eigenvalue weighted by molar-refractivity contribution is -0.122. The maximum Gasteiger partial charge on any atom is 0.266 e. The largest absolute Gasteiger partial charge is 0.497 e. The minimum absolute atomic E-state index is 0.0785. The van der Waals surface area contributed by atoms with Gasteiger partial charge in [-0.25, -0.2) is 4.99 Å². The second kappa shape index (κ2) is 11.4. The Hall–Kier alpha value is -2.48. The number of methoxy groups -OCH3 is 2. The Balaban J connectivity index is 1.86. The third-order valence-electron chi connectivity index (χ3n) is 4.86. The van der Waals surface area contributed by atoms with Gasteiger partial charge in [0.1, 0.15) is 11.5 Å². The second-order valence-electron chi connectivity index (χ2n) is 7.18. The Kier molecular flexibility index (Phi) is 8.61. The number of rotatable bonds is 9. The first-order valence-corrected chi connectivity index (χ1v) is 11.5. The third-order valence-corrected chi connectivity index (χ3v) is 6.16. The van der Waals surface area contributed by atoms with E-state index in [0.717, 1.165) is 23.4 Å². The van der Waals surface area contributed by atoms with Gasteiger partial charge in [0.05, 0.1) is 42.0 Å². The minimum Gasteiger partial charge on any atom is -0.497 e. The SMILES string of the molecule is CC[C@@H](C)Oc1ccc(/C=C2\SC(=Nc3ccc(OC)cc3)N(CCOC)C2=O)cc1Cl. The molecule has 0 bridgehead atoms. The van der Waals surface area contributed by atoms with Crippen molar-refractivity contribution in [1.82, 2.24) is 4.90 Å². The molecule has 0 N–H and O–H groups in total. The molecule has 1 aliphatic rings. The lowest BCUT2D eigenvalue weighted by Crippen LogP contribution is -2.32. The normalized spacial score (nSPS) is 17.3. The van der Waals surface area contributed by atoms with E-state index in [4.69, 9.17) is 25.8 Å². The van der Waals surface area contributed by atoms with Gasteiger partial charge in [0.15, 0.2) is 5.17 Å². The summed E-state index contributed by atoms with van der Waals surface area (Å²) in [4.78, 5) is 19.9. The van der Waals surface area contributed by atoms with Crippen molar-refractivity contribution in [3.8, 4) is 11.5 Å². The standard InChI is InChI=1S/C24H27ClN2O4S/c1-5-16(2)31-21-11-6-17(14-20(21)25)15-22-23(28)27(12-13-29-3)24(32-22)26-18-7-9-19(30-4)10-8-18/h6-11,14-16H,5,12-13H2,1-4H3/b22-15-,26-24?/t16-/m1/s1. The van der Waals surface area contributed by atoms with Crippen LogP contribution in [0.5, 0.6) is 11.5 Å². The molecule has 1 amide bonds. The maximum atomic E-state index is 13.1. The minimum atomic E-state index is -0.115. The van der Waals surface area contributed by atoms with Crippen LogP contribution < -0.4 is 9.47 Å². The molecule has 1 fully saturated rings. The number of ether oxygens (including phenoxy) is 3. The highest BCUT2D eigenvalue weighted by Crippen LogP contribution is 2.35. The van der Waals surface area contributed by atoms with E-state index < -0.39 is 0 Å². The van der Waals surface area contributed by atoms with Gasteiger partial charge in [-0.3, -0.25) is 9.69 Å². The summed E-state index contributed by atoms with van der Waals surface area (Å²) in [6.07, 6.45) is 2.79. The second-order valence-corrected chi connectivity index (χ2v) is 8.60. The number of amides is 1. The first-order valence-electron chi connectivity index (χ1n) is 10.3. The smallest absolute Gasteiger partial charge is 0.266 e. The summed E-state index contributed by atoms with van der Waals surface area (Å²) in [5, 5.41) is 1.12. The molecule has 0 aliphatic carbocycles. The summed E-state index contributed by atoms with van der Waals surface area (Å²) < 4.78 is 16.2. The highest BCUT2D eigenvalue weighted by atomic mass is 35.5. The third kappa shape index (κ3) is 6.06. The predicted molar refractivity (Wildman–Crippen MR) is 131 cm³/mol. The van der Waals surface area contributed by atoms with Crippen molar-refractivity contribution < 1.29 is 19.0 Å². The molecule has 8 heteroatoms. The van der Waals surface area contributed by atoms with Gasteiger partial charge in [0.2, 0.25) is 0 Å². The molecule has 2 aromatic rings. The Morgan fingerprint density at radius 1 is 1.19 bits per heavy atom. The summed E-state index contributed by atoms with van der Waals surface area (Å²) in [5.74, 6) is 1.27. The van der Waals surface area contributed by atoms with Crippen LogP contribution in [-0.4, -0.2) is 49.4 Å². The van der Waals surface area contributed by atoms with Gasteiger partial charge in [-0.05, 0) is 73.1 Å². The Labute approximate surface area is 198 Å². The van der Waals surface area contributed by atoms with E-state index >= 15 is 0 Å². The van der Waals surface area contributed by atoms with E-state index in [1.165, 1.54) is 11.8 Å². The number of hydrogen-bond donors (Lipinski definition) is 0. The number of carbonyl (C=O) groups excluding carboxylic acids is 1. The van der Waals surface area contributed by atoms with Gasteiger partial charge in [-0.2, -0.15) is 0 Å². The maximum absolute atomic E-state index is 13.1. The van der Waals surface area contributed by atoms with Crippen LogP contribution in [0, 0.1) is 0 Å². The zero-order valence-electron chi connectivity index (χ0n) is 18.6. The molecule has 6 nitrogen and oxygen atoms in total. The zero-order valence-corrected chi connectivity index (χ0v) is 20.2. The van der Waals surface area contributed by atoms with Crippen molar-refractivity contribution >= 4 is 46.2 Å². The van der Waals surface area contributed by atoms with Crippen LogP contribution in [-0.2, 0) is 9.53 Å². The predicted octanol–water partition coefficient (Wildman–Crippen LogP) is 5.78. The highest BCUT2D eigenvalue weighted by molar-refractivity contribution is 8.18. The number of benzene rings is 2. The van der Waals surface area contributed by atoms with Gasteiger partial charge >= 0.3 is 0 Å². The molecule has 1 heterocycles. The highest BCUT2D eigenvalue weighted by Gasteiger charge is 2.33. The molecule has 1 saturated heterocycles. The zero-order chi connectivity index (χ0) is 23.1. The van der Waals surface area contributed by atoms with Crippen LogP contribution in [0.25, 0.3) is 6.08 Å². The van der Waals surface area contributed by atoms with Crippen LogP contribution in [0.2, 0.25) is 5.02 Å². The lowest BCUT2D eigenvalue weighted by Gasteiger charge is -2.15. The Morgan fingerprint density at radius 3 is 2.56 bits per heavy atom. The van der Waals surface area contributed by atoms with Crippen LogP contribution in [0.3, 0.4) is 0 Å². The number of aliphatic imine (C=N–C) groups is 1. The number of halogens is 1. The van der Waals surface area contributed by atoms with Crippen molar-refractivity contribution in [3.05, 3.63) is 58.0 Å². The van der Waals surface area contributed by atoms with Crippen molar-refractivity contribution in [2.45, 2.75) is 26.4 Å². The molecule has 0 saturated carbocycles. The topological polar surface area (TPSA) is 60.4 Å². The summed E-state index contributed by atoms with van der Waals surface area (Å²) in [5.41, 5.74) is 1.55. The molecular formula is C24H27ClN2O4S. The Bertz CT molecular complexity index is 1010. The van der Waals surface area contributed by atoms with Crippen LogP contribution >= 0.6 is 23.4 Å². The van der Waals surface area contributed by atoms with Crippen LogP contribution in [0.15, 0.2) is 52.4 Å². The molecule has 3 rings (SSSR count). The molecule has 1 atom stereocenters. The number of carbonyl (C=O) groups is 1. The number of hydrogen-bond acceptors (Lipinski definition) is 6. The van der Waals surface area contributed by atoms with Crippen LogP contribution in [0.4, 0.5) is 5.69 Å². The fraction of sp³-hybridized carbons (Fsp3) is 0.333. The van der Waals surface area contributed by atoms with Gasteiger partial charge in [0, 0.05) is 7.11 Å². The van der Waals surface area contributed by atoms with Crippen molar-refractivity contribution in [2.24, 2.45) is 4.99 Å². The summed E-state index contributed by atoms with van der Waals surface area (Å²) >= 11 is 7.73. The van der Waals surface area contributed by atoms with E-state index in [9.17, 15) is 4.79 Å². The van der Waals surface area contributed by atoms with Crippen LogP contribution in [0.1, 0.15) is 25.8 Å². The van der Waals surface area contributed by atoms with E-state index in [-0.39, 0.29) is 12.0 Å². The molecule has 0 unspecified atom stereocenters. The van der Waals surface area contributed by atoms with E-state index in [1.54, 1.807) is 25.2 Å². The fourth-order valence-corrected chi connectivity index (χ4v) is 4.15. The van der Waals surface area contributed by atoms with E-state index in [0.29, 0.717) is 34.0 Å². The number of amidine groups is 1. The molecule has 170 valence electrons. The molecule has 0 radical (unpaired) electrons. The van der Waals surface area contributed by atoms with Crippen molar-refractivity contribution in [3.63, 3.8) is 0 Å². The van der Waals surface area contributed by atoms with Gasteiger partial charge in [-0.1, -0.05) is 24.6 Å². The van der Waals surface area contributed by atoms with Gasteiger partial charge in [-0.15, -0.1) is 0 Å². The quantitative estimate of drug-likeness (QED) is 0.431. The molecule has 0 aromatic heterocycles. The van der Waals surface area contributed by atoms with Gasteiger partial charge in [0.25, 0.3) is 5.91 Å². The monoisotopic (exact) mass is 474 g/mol. The van der Waals surface area contributed by atoms with Crippen molar-refractivity contribution in [2.75, 3.05) is 27.4 Å². The first-order chi connectivity index (χ1) is 15.4. The Morgan fingerprint density at radius 2 is 1.94 bits per heavy atom. The number of thioether (sulfide) groups is 1. The van der Waals surface area contributed by atoms with E-state index in [1.807, 2.05) is 49.4 Å². The van der Waals surface area contributed by atoms with Gasteiger partial charge < -0.3 is 14.2 Å². The molecular weight excluding hydrogens is 448 g/mol. The summed E-state index contributed by atoms with van der Waals surface area (Å²) in [6, 6.07) is 12.9. The lowest BCUT2D eigenvalue weighted by atomic mass is 10.2. The summed E-state index contributed by atoms with van der Waals surface area (Å²) in [7, 11) is 3.22. The average molecular weight is 475 g/mol. The van der Waals surface area contributed by atoms with Crippen molar-refractivity contribution in [1.29, 1.82) is 0 Å². The molecule has 2 aromatic carbocycles. The number of nitrogens with zero attached hydrogens (tertiary/aromatic N) is 2.